The third kappa shape index (κ3) is 3.93. The topological polar surface area (TPSA) is 82.3 Å². The summed E-state index contributed by atoms with van der Waals surface area (Å²) < 4.78 is 7.61. The maximum Gasteiger partial charge on any atom is 0.296 e. The second kappa shape index (κ2) is 9.40. The Morgan fingerprint density at radius 3 is 2.78 bits per heavy atom. The first-order chi connectivity index (χ1) is 15.6. The Bertz CT molecular complexity index is 1170. The Hall–Kier alpha value is -3.39. The van der Waals surface area contributed by atoms with Gasteiger partial charge in [-0.25, -0.2) is 9.88 Å². The molecule has 0 N–H and O–H groups in total. The van der Waals surface area contributed by atoms with E-state index in [1.165, 1.54) is 18.7 Å². The van der Waals surface area contributed by atoms with E-state index in [4.69, 9.17) is 9.84 Å². The predicted molar refractivity (Wildman–Crippen MR) is 122 cm³/mol. The molecule has 2 aromatic carbocycles. The number of thioether (sulfide) groups is 1. The third-order valence-corrected chi connectivity index (χ3v) is 5.88. The van der Waals surface area contributed by atoms with Crippen LogP contribution in [0.15, 0.2) is 66.3 Å². The highest BCUT2D eigenvalue weighted by Crippen LogP contribution is 2.42. The number of nitrogens with zero attached hydrogens (tertiary/aromatic N) is 4. The molecule has 32 heavy (non-hydrogen) atoms. The highest BCUT2D eigenvalue weighted by Gasteiger charge is 2.45. The van der Waals surface area contributed by atoms with Crippen LogP contribution in [0.25, 0.3) is 11.3 Å². The second-order valence-electron chi connectivity index (χ2n) is 7.26. The van der Waals surface area contributed by atoms with E-state index in [0.29, 0.717) is 40.2 Å². The normalized spacial score (nSPS) is 14.4. The summed E-state index contributed by atoms with van der Waals surface area (Å²) in [6, 6.07) is 14.9. The monoisotopic (exact) mass is 448 g/mol. The van der Waals surface area contributed by atoms with Gasteiger partial charge in [0.2, 0.25) is 5.91 Å². The van der Waals surface area contributed by atoms with Gasteiger partial charge in [-0.1, -0.05) is 53.7 Å². The van der Waals surface area contributed by atoms with Crippen molar-refractivity contribution in [3.05, 3.63) is 66.7 Å². The van der Waals surface area contributed by atoms with E-state index in [9.17, 15) is 9.90 Å². The van der Waals surface area contributed by atoms with Gasteiger partial charge < -0.3 is 9.84 Å². The molecule has 7 nitrogen and oxygen atoms in total. The molecule has 0 saturated carbocycles. The summed E-state index contributed by atoms with van der Waals surface area (Å²) in [5.74, 6) is 0.651. The summed E-state index contributed by atoms with van der Waals surface area (Å²) in [5.41, 5.74) is 2.35. The van der Waals surface area contributed by atoms with Gasteiger partial charge >= 0.3 is 0 Å². The molecule has 164 valence electrons. The molecule has 1 aromatic heterocycles. The zero-order valence-electron chi connectivity index (χ0n) is 18.0. The Morgan fingerprint density at radius 2 is 2.03 bits per heavy atom. The van der Waals surface area contributed by atoms with Crippen LogP contribution >= 0.6 is 11.8 Å². The zero-order valence-corrected chi connectivity index (χ0v) is 18.8. The molecule has 2 heterocycles. The highest BCUT2D eigenvalue weighted by molar-refractivity contribution is 7.99. The van der Waals surface area contributed by atoms with Crippen LogP contribution in [-0.4, -0.2) is 28.3 Å². The molecule has 1 aliphatic heterocycles. The molecule has 8 heteroatoms. The van der Waals surface area contributed by atoms with Crippen molar-refractivity contribution in [3.8, 4) is 22.9 Å². The number of anilines is 1. The van der Waals surface area contributed by atoms with E-state index >= 15 is 0 Å². The Labute approximate surface area is 191 Å². The largest absolute Gasteiger partial charge is 0.854 e. The number of carbonyl (C=O) groups is 1. The van der Waals surface area contributed by atoms with Crippen molar-refractivity contribution in [1.29, 1.82) is 0 Å². The molecule has 0 bridgehead atoms. The molecule has 1 aliphatic rings. The minimum atomic E-state index is -0.691. The lowest BCUT2D eigenvalue weighted by Gasteiger charge is -2.33. The quantitative estimate of drug-likeness (QED) is 0.313. The van der Waals surface area contributed by atoms with Gasteiger partial charge in [-0.05, 0) is 30.7 Å². The summed E-state index contributed by atoms with van der Waals surface area (Å²) in [5, 5.41) is 18.2. The molecule has 0 saturated heterocycles. The molecule has 1 unspecified atom stereocenters. The van der Waals surface area contributed by atoms with Crippen molar-refractivity contribution in [2.75, 3.05) is 17.3 Å². The van der Waals surface area contributed by atoms with Crippen LogP contribution in [0.2, 0.25) is 0 Å². The van der Waals surface area contributed by atoms with Crippen molar-refractivity contribution in [3.63, 3.8) is 0 Å². The third-order valence-electron chi connectivity index (χ3n) is 5.05. The first-order valence-electron chi connectivity index (χ1n) is 10.4. The van der Waals surface area contributed by atoms with Gasteiger partial charge in [0.1, 0.15) is 5.75 Å². The molecule has 0 fully saturated rings. The van der Waals surface area contributed by atoms with Crippen LogP contribution in [0.3, 0.4) is 0 Å². The predicted octanol–water partition coefficient (Wildman–Crippen LogP) is 3.49. The molecule has 4 rings (SSSR count). The number of hydrogen-bond acceptors (Lipinski definition) is 6. The Morgan fingerprint density at radius 1 is 1.28 bits per heavy atom. The van der Waals surface area contributed by atoms with Crippen LogP contribution in [0.5, 0.6) is 11.6 Å². The highest BCUT2D eigenvalue weighted by atomic mass is 32.2. The van der Waals surface area contributed by atoms with Crippen molar-refractivity contribution in [2.45, 2.75) is 31.6 Å². The standard InChI is InChI=1S/C24H24N4O3S/c1-4-14-31-20-13-9-7-11-18(20)23-27(16(3)29)19-12-8-6-10-17(19)21-22(30)25-24(26-28(21)23)32-15-5-2/h5-13,23H,2,4,14-15H2,1,3H3. The fourth-order valence-corrected chi connectivity index (χ4v) is 4.35. The second-order valence-corrected chi connectivity index (χ2v) is 8.25. The minimum absolute atomic E-state index is 0.169. The maximum absolute atomic E-state index is 13.2. The molecular formula is C24H24N4O3S. The lowest BCUT2D eigenvalue weighted by molar-refractivity contribution is -0.764. The van der Waals surface area contributed by atoms with Crippen LogP contribution in [0.1, 0.15) is 32.0 Å². The average molecular weight is 449 g/mol. The Kier molecular flexibility index (Phi) is 6.41. The number of benzene rings is 2. The van der Waals surface area contributed by atoms with Gasteiger partial charge in [0.15, 0.2) is 0 Å². The van der Waals surface area contributed by atoms with E-state index in [1.54, 1.807) is 15.7 Å². The van der Waals surface area contributed by atoms with Gasteiger partial charge in [0, 0.05) is 17.8 Å². The SMILES string of the molecule is C=CCSc1nc([O-])c2[n+](n1)C(c1ccccc1OCCC)N(C(C)=O)c1ccccc1-2. The van der Waals surface area contributed by atoms with Gasteiger partial charge in [0.25, 0.3) is 17.0 Å². The molecule has 1 atom stereocenters. The number of amides is 1. The molecule has 3 aromatic rings. The van der Waals surface area contributed by atoms with E-state index in [0.717, 1.165) is 12.0 Å². The number of hydrogen-bond donors (Lipinski definition) is 0. The van der Waals surface area contributed by atoms with Gasteiger partial charge in [-0.3, -0.25) is 4.79 Å². The number of ether oxygens (including phenoxy) is 1. The van der Waals surface area contributed by atoms with Crippen molar-refractivity contribution in [1.82, 2.24) is 10.1 Å². The first kappa shape index (κ1) is 21.8. The molecule has 0 aliphatic carbocycles. The smallest absolute Gasteiger partial charge is 0.296 e. The molecule has 0 radical (unpaired) electrons. The van der Waals surface area contributed by atoms with Crippen LogP contribution in [-0.2, 0) is 4.79 Å². The van der Waals surface area contributed by atoms with E-state index in [1.807, 2.05) is 55.5 Å². The lowest BCUT2D eigenvalue weighted by Crippen LogP contribution is -2.58. The summed E-state index contributed by atoms with van der Waals surface area (Å²) in [7, 11) is 0. The average Bonchev–Trinajstić information content (AvgIpc) is 2.80. The fraction of sp³-hybridized carbons (Fsp3) is 0.250. The van der Waals surface area contributed by atoms with E-state index in [2.05, 4.69) is 11.6 Å². The van der Waals surface area contributed by atoms with Crippen LogP contribution in [0.4, 0.5) is 5.69 Å². The number of fused-ring (bicyclic) bond motifs is 3. The summed E-state index contributed by atoms with van der Waals surface area (Å²) in [4.78, 5) is 18.8. The van der Waals surface area contributed by atoms with E-state index < -0.39 is 6.17 Å². The summed E-state index contributed by atoms with van der Waals surface area (Å²) in [6.45, 7) is 7.80. The van der Waals surface area contributed by atoms with E-state index in [-0.39, 0.29) is 11.8 Å². The van der Waals surface area contributed by atoms with Gasteiger partial charge in [-0.2, -0.15) is 0 Å². The lowest BCUT2D eigenvalue weighted by atomic mass is 10.0. The van der Waals surface area contributed by atoms with Gasteiger partial charge in [-0.15, -0.1) is 6.58 Å². The molecule has 1 amide bonds. The van der Waals surface area contributed by atoms with Crippen molar-refractivity contribution < 1.29 is 19.3 Å². The molecule has 0 spiro atoms. The zero-order chi connectivity index (χ0) is 22.7. The minimum Gasteiger partial charge on any atom is -0.854 e. The van der Waals surface area contributed by atoms with Crippen LogP contribution in [0, 0.1) is 0 Å². The number of aromatic nitrogens is 3. The Balaban J connectivity index is 2.00. The number of carbonyl (C=O) groups excluding carboxylic acids is 1. The maximum atomic E-state index is 13.2. The fourth-order valence-electron chi connectivity index (χ4n) is 3.79. The summed E-state index contributed by atoms with van der Waals surface area (Å²) >= 11 is 1.32. The number of rotatable bonds is 7. The van der Waals surface area contributed by atoms with Gasteiger partial charge in [0.05, 0.1) is 29.3 Å². The van der Waals surface area contributed by atoms with Crippen molar-refractivity contribution in [2.24, 2.45) is 0 Å². The molecular weight excluding hydrogens is 424 g/mol. The summed E-state index contributed by atoms with van der Waals surface area (Å²) in [6.07, 6.45) is 1.88. The first-order valence-corrected chi connectivity index (χ1v) is 11.4. The van der Waals surface area contributed by atoms with Crippen LogP contribution < -0.4 is 19.4 Å². The number of para-hydroxylation sites is 2. The van der Waals surface area contributed by atoms with Crippen molar-refractivity contribution >= 4 is 23.4 Å².